The molecule has 4 heteroatoms. The van der Waals surface area contributed by atoms with Crippen LogP contribution < -0.4 is 4.90 Å². The maximum Gasteiger partial charge on any atom is 0.137 e. The molecule has 0 aliphatic rings. The lowest BCUT2D eigenvalue weighted by atomic mass is 9.95. The Labute approximate surface area is 338 Å². The zero-order chi connectivity index (χ0) is 38.2. The smallest absolute Gasteiger partial charge is 0.137 e. The third kappa shape index (κ3) is 5.12. The van der Waals surface area contributed by atoms with E-state index in [1.54, 1.807) is 0 Å². The van der Waals surface area contributed by atoms with Crippen LogP contribution in [0.15, 0.2) is 211 Å². The lowest BCUT2D eigenvalue weighted by Gasteiger charge is -2.26. The summed E-state index contributed by atoms with van der Waals surface area (Å²) in [6, 6.07) is 74.5. The fraction of sp³-hybridized carbons (Fsp3) is 0. The molecular formula is C54H34N2OS. The Bertz CT molecular complexity index is 3510. The molecule has 0 saturated heterocycles. The highest BCUT2D eigenvalue weighted by Crippen LogP contribution is 2.47. The van der Waals surface area contributed by atoms with Gasteiger partial charge in [-0.15, -0.1) is 11.3 Å². The first kappa shape index (κ1) is 32.8. The molecule has 0 spiro atoms. The zero-order valence-corrected chi connectivity index (χ0v) is 32.2. The molecule has 12 rings (SSSR count). The van der Waals surface area contributed by atoms with E-state index in [4.69, 9.17) is 4.42 Å². The van der Waals surface area contributed by atoms with Crippen LogP contribution in [0.2, 0.25) is 0 Å². The van der Waals surface area contributed by atoms with Crippen molar-refractivity contribution in [1.82, 2.24) is 4.57 Å². The molecule has 12 aromatic rings. The van der Waals surface area contributed by atoms with Gasteiger partial charge in [0.1, 0.15) is 11.2 Å². The molecule has 0 amide bonds. The summed E-state index contributed by atoms with van der Waals surface area (Å²) in [6.07, 6.45) is 0. The molecule has 3 nitrogen and oxygen atoms in total. The van der Waals surface area contributed by atoms with Crippen LogP contribution >= 0.6 is 11.3 Å². The molecule has 0 saturated carbocycles. The van der Waals surface area contributed by atoms with Crippen molar-refractivity contribution in [3.8, 4) is 27.9 Å². The van der Waals surface area contributed by atoms with Gasteiger partial charge in [-0.3, -0.25) is 0 Å². The van der Waals surface area contributed by atoms with Crippen LogP contribution in [0.3, 0.4) is 0 Å². The van der Waals surface area contributed by atoms with Gasteiger partial charge < -0.3 is 13.9 Å². The normalized spacial score (nSPS) is 11.8. The van der Waals surface area contributed by atoms with E-state index in [1.807, 2.05) is 23.5 Å². The van der Waals surface area contributed by atoms with Gasteiger partial charge in [-0.1, -0.05) is 121 Å². The molecule has 272 valence electrons. The first-order chi connectivity index (χ1) is 28.8. The van der Waals surface area contributed by atoms with Gasteiger partial charge in [-0.25, -0.2) is 0 Å². The van der Waals surface area contributed by atoms with Crippen molar-refractivity contribution in [2.45, 2.75) is 0 Å². The van der Waals surface area contributed by atoms with E-state index < -0.39 is 0 Å². The Kier molecular flexibility index (Phi) is 7.40. The second kappa shape index (κ2) is 13.1. The highest BCUT2D eigenvalue weighted by molar-refractivity contribution is 7.26. The van der Waals surface area contributed by atoms with Gasteiger partial charge in [0.25, 0.3) is 0 Å². The quantitative estimate of drug-likeness (QED) is 0.168. The van der Waals surface area contributed by atoms with Crippen LogP contribution in [-0.2, 0) is 0 Å². The maximum atomic E-state index is 6.50. The number of rotatable bonds is 6. The van der Waals surface area contributed by atoms with E-state index in [1.165, 1.54) is 53.2 Å². The monoisotopic (exact) mass is 758 g/mol. The number of nitrogens with zero attached hydrogens (tertiary/aromatic N) is 2. The van der Waals surface area contributed by atoms with E-state index in [2.05, 4.69) is 204 Å². The van der Waals surface area contributed by atoms with Crippen molar-refractivity contribution in [3.63, 3.8) is 0 Å². The number of hydrogen-bond donors (Lipinski definition) is 0. The molecule has 58 heavy (non-hydrogen) atoms. The predicted octanol–water partition coefficient (Wildman–Crippen LogP) is 15.9. The van der Waals surface area contributed by atoms with Gasteiger partial charge in [-0.05, 0) is 95.6 Å². The van der Waals surface area contributed by atoms with Gasteiger partial charge in [0.2, 0.25) is 0 Å². The van der Waals surface area contributed by atoms with Gasteiger partial charge in [0, 0.05) is 70.4 Å². The van der Waals surface area contributed by atoms with Gasteiger partial charge in [0.15, 0.2) is 0 Å². The molecule has 0 aliphatic heterocycles. The third-order valence-electron chi connectivity index (χ3n) is 11.6. The van der Waals surface area contributed by atoms with Crippen molar-refractivity contribution in [1.29, 1.82) is 0 Å². The van der Waals surface area contributed by atoms with Gasteiger partial charge in [-0.2, -0.15) is 0 Å². The Morgan fingerprint density at radius 1 is 0.414 bits per heavy atom. The first-order valence-corrected chi connectivity index (χ1v) is 20.5. The van der Waals surface area contributed by atoms with Crippen LogP contribution in [0, 0.1) is 0 Å². The minimum atomic E-state index is 0.874. The number of benzene rings is 9. The van der Waals surface area contributed by atoms with Crippen LogP contribution in [0.5, 0.6) is 0 Å². The molecule has 0 unspecified atom stereocenters. The fourth-order valence-corrected chi connectivity index (χ4v) is 10.1. The van der Waals surface area contributed by atoms with Crippen LogP contribution in [-0.4, -0.2) is 4.57 Å². The topological polar surface area (TPSA) is 21.3 Å². The Hall–Kier alpha value is -7.40. The molecule has 3 aromatic heterocycles. The highest BCUT2D eigenvalue weighted by Gasteiger charge is 2.23. The summed E-state index contributed by atoms with van der Waals surface area (Å²) in [4.78, 5) is 2.43. The molecular weight excluding hydrogens is 725 g/mol. The Balaban J connectivity index is 1.19. The molecule has 0 aliphatic carbocycles. The minimum absolute atomic E-state index is 0.874. The summed E-state index contributed by atoms with van der Waals surface area (Å²) < 4.78 is 11.5. The lowest BCUT2D eigenvalue weighted by Crippen LogP contribution is -2.10. The molecule has 3 heterocycles. The number of furan rings is 1. The van der Waals surface area contributed by atoms with E-state index >= 15 is 0 Å². The molecule has 9 aromatic carbocycles. The first-order valence-electron chi connectivity index (χ1n) is 19.7. The van der Waals surface area contributed by atoms with Crippen LogP contribution in [0.1, 0.15) is 0 Å². The number of aromatic nitrogens is 1. The lowest BCUT2D eigenvalue weighted by molar-refractivity contribution is 0.668. The Morgan fingerprint density at radius 3 is 1.93 bits per heavy atom. The standard InChI is InChI=1S/C54H34N2OS/c1-4-15-35(16-5-1)37-31-44(36-17-6-2-7-18-36)54-46(32-37)45-33-39(28-30-47(45)56(54)40-27-29-42-41-21-10-12-24-49(41)57-50(42)34-40)55(38-19-8-3-9-20-38)48-23-14-26-52-53(48)43-22-11-13-25-51(43)58-52/h1-34H. The Morgan fingerprint density at radius 2 is 1.10 bits per heavy atom. The minimum Gasteiger partial charge on any atom is -0.456 e. The van der Waals surface area contributed by atoms with Crippen molar-refractivity contribution in [2.75, 3.05) is 4.90 Å². The average Bonchev–Trinajstić information content (AvgIpc) is 3.96. The number of thiophene rings is 1. The van der Waals surface area contributed by atoms with E-state index in [0.29, 0.717) is 0 Å². The molecule has 0 N–H and O–H groups in total. The number of para-hydroxylation sites is 2. The third-order valence-corrected chi connectivity index (χ3v) is 12.7. The van der Waals surface area contributed by atoms with E-state index in [9.17, 15) is 0 Å². The summed E-state index contributed by atoms with van der Waals surface area (Å²) >= 11 is 1.85. The second-order valence-electron chi connectivity index (χ2n) is 14.9. The number of fused-ring (bicyclic) bond motifs is 9. The van der Waals surface area contributed by atoms with Gasteiger partial charge in [0.05, 0.1) is 16.7 Å². The van der Waals surface area contributed by atoms with Crippen LogP contribution in [0.4, 0.5) is 17.1 Å². The summed E-state index contributed by atoms with van der Waals surface area (Å²) in [6.45, 7) is 0. The van der Waals surface area contributed by atoms with Crippen molar-refractivity contribution < 1.29 is 4.42 Å². The number of anilines is 3. The molecule has 0 atom stereocenters. The molecule has 0 fully saturated rings. The summed E-state index contributed by atoms with van der Waals surface area (Å²) in [7, 11) is 0. The fourth-order valence-electron chi connectivity index (χ4n) is 8.98. The molecule has 0 radical (unpaired) electrons. The van der Waals surface area contributed by atoms with Crippen molar-refractivity contribution >= 4 is 92.3 Å². The van der Waals surface area contributed by atoms with Crippen LogP contribution in [0.25, 0.3) is 91.9 Å². The summed E-state index contributed by atoms with van der Waals surface area (Å²) in [5, 5.41) is 7.15. The van der Waals surface area contributed by atoms with Crippen molar-refractivity contribution in [2.24, 2.45) is 0 Å². The molecule has 0 bridgehead atoms. The van der Waals surface area contributed by atoms with Gasteiger partial charge >= 0.3 is 0 Å². The summed E-state index contributed by atoms with van der Waals surface area (Å²) in [5.74, 6) is 0. The van der Waals surface area contributed by atoms with Crippen molar-refractivity contribution in [3.05, 3.63) is 206 Å². The summed E-state index contributed by atoms with van der Waals surface area (Å²) in [5.41, 5.74) is 13.2. The SMILES string of the molecule is c1ccc(-c2cc(-c3ccccc3)c3c(c2)c2cc(N(c4ccccc4)c4cccc5sc6ccccc6c45)ccc2n3-c2ccc3c(c2)oc2ccccc23)cc1. The number of hydrogen-bond acceptors (Lipinski definition) is 3. The van der Waals surface area contributed by atoms with E-state index in [-0.39, 0.29) is 0 Å². The maximum absolute atomic E-state index is 6.50. The zero-order valence-electron chi connectivity index (χ0n) is 31.3. The second-order valence-corrected chi connectivity index (χ2v) is 16.0. The largest absolute Gasteiger partial charge is 0.456 e. The average molecular weight is 759 g/mol. The highest BCUT2D eigenvalue weighted by atomic mass is 32.1. The predicted molar refractivity (Wildman–Crippen MR) is 247 cm³/mol. The van der Waals surface area contributed by atoms with E-state index in [0.717, 1.165) is 55.7 Å².